The molecule has 3 heteroatoms. The molecule has 2 unspecified atom stereocenters. The molecule has 1 aromatic carbocycles. The first-order valence-corrected chi connectivity index (χ1v) is 6.37. The lowest BCUT2D eigenvalue weighted by atomic mass is 10.0. The van der Waals surface area contributed by atoms with Crippen LogP contribution in [0, 0.1) is 5.92 Å². The van der Waals surface area contributed by atoms with Crippen LogP contribution < -0.4 is 9.64 Å². The van der Waals surface area contributed by atoms with Crippen molar-refractivity contribution in [3.05, 3.63) is 24.3 Å². The highest BCUT2D eigenvalue weighted by Crippen LogP contribution is 2.35. The third-order valence-corrected chi connectivity index (χ3v) is 3.62. The molecule has 0 aromatic heterocycles. The van der Waals surface area contributed by atoms with E-state index in [0.717, 1.165) is 24.4 Å². The van der Waals surface area contributed by atoms with Crippen molar-refractivity contribution in [2.45, 2.75) is 26.3 Å². The van der Waals surface area contributed by atoms with Crippen molar-refractivity contribution < 1.29 is 9.84 Å². The molecule has 0 amide bonds. The first-order chi connectivity index (χ1) is 8.27. The van der Waals surface area contributed by atoms with Crippen molar-refractivity contribution in [3.8, 4) is 5.75 Å². The van der Waals surface area contributed by atoms with E-state index in [1.807, 2.05) is 25.1 Å². The Morgan fingerprint density at radius 1 is 1.41 bits per heavy atom. The molecule has 0 spiro atoms. The van der Waals surface area contributed by atoms with Crippen LogP contribution in [0.5, 0.6) is 5.75 Å². The molecule has 0 bridgehead atoms. The number of anilines is 1. The molecule has 17 heavy (non-hydrogen) atoms. The SMILES string of the molecule is CCOc1ccccc1N1CCC(CO)C1C. The predicted molar refractivity (Wildman–Crippen MR) is 69.6 cm³/mol. The molecule has 0 radical (unpaired) electrons. The minimum atomic E-state index is 0.272. The summed E-state index contributed by atoms with van der Waals surface area (Å²) in [6.45, 7) is 6.13. The Morgan fingerprint density at radius 3 is 2.82 bits per heavy atom. The predicted octanol–water partition coefficient (Wildman–Crippen LogP) is 2.29. The van der Waals surface area contributed by atoms with Crippen molar-refractivity contribution in [2.75, 3.05) is 24.7 Å². The zero-order chi connectivity index (χ0) is 12.3. The molecular formula is C14H21NO2. The van der Waals surface area contributed by atoms with E-state index in [1.165, 1.54) is 0 Å². The van der Waals surface area contributed by atoms with E-state index in [1.54, 1.807) is 0 Å². The fourth-order valence-electron chi connectivity index (χ4n) is 2.56. The third kappa shape index (κ3) is 2.39. The molecule has 1 heterocycles. The molecule has 2 atom stereocenters. The van der Waals surface area contributed by atoms with E-state index in [4.69, 9.17) is 4.74 Å². The van der Waals surface area contributed by atoms with Gasteiger partial charge in [-0.25, -0.2) is 0 Å². The summed E-state index contributed by atoms with van der Waals surface area (Å²) >= 11 is 0. The van der Waals surface area contributed by atoms with Gasteiger partial charge in [-0.2, -0.15) is 0 Å². The number of ether oxygens (including phenoxy) is 1. The number of nitrogens with zero attached hydrogens (tertiary/aromatic N) is 1. The molecule has 2 rings (SSSR count). The molecule has 1 aromatic rings. The lowest BCUT2D eigenvalue weighted by Gasteiger charge is -2.27. The molecule has 1 N–H and O–H groups in total. The van der Waals surface area contributed by atoms with E-state index in [2.05, 4.69) is 17.9 Å². The van der Waals surface area contributed by atoms with Crippen LogP contribution in [-0.4, -0.2) is 30.9 Å². The minimum Gasteiger partial charge on any atom is -0.492 e. The second kappa shape index (κ2) is 5.41. The topological polar surface area (TPSA) is 32.7 Å². The van der Waals surface area contributed by atoms with Crippen LogP contribution >= 0.6 is 0 Å². The van der Waals surface area contributed by atoms with Crippen LogP contribution in [0.3, 0.4) is 0 Å². The maximum absolute atomic E-state index is 9.32. The van der Waals surface area contributed by atoms with Gasteiger partial charge in [0.2, 0.25) is 0 Å². The van der Waals surface area contributed by atoms with Crippen molar-refractivity contribution in [2.24, 2.45) is 5.92 Å². The maximum atomic E-state index is 9.32. The Kier molecular flexibility index (Phi) is 3.89. The third-order valence-electron chi connectivity index (χ3n) is 3.62. The van der Waals surface area contributed by atoms with Gasteiger partial charge in [0.25, 0.3) is 0 Å². The number of benzene rings is 1. The standard InChI is InChI=1S/C14H21NO2/c1-3-17-14-7-5-4-6-13(14)15-9-8-12(10-16)11(15)2/h4-7,11-12,16H,3,8-10H2,1-2H3. The number of rotatable bonds is 4. The maximum Gasteiger partial charge on any atom is 0.142 e. The number of hydrogen-bond acceptors (Lipinski definition) is 3. The zero-order valence-corrected chi connectivity index (χ0v) is 10.6. The van der Waals surface area contributed by atoms with Crippen molar-refractivity contribution >= 4 is 5.69 Å². The van der Waals surface area contributed by atoms with Crippen LogP contribution in [0.2, 0.25) is 0 Å². The highest BCUT2D eigenvalue weighted by molar-refractivity contribution is 5.59. The van der Waals surface area contributed by atoms with Gasteiger partial charge in [0.15, 0.2) is 0 Å². The van der Waals surface area contributed by atoms with E-state index in [0.29, 0.717) is 18.6 Å². The smallest absolute Gasteiger partial charge is 0.142 e. The quantitative estimate of drug-likeness (QED) is 0.869. The van der Waals surface area contributed by atoms with Gasteiger partial charge in [-0.1, -0.05) is 12.1 Å². The highest BCUT2D eigenvalue weighted by atomic mass is 16.5. The van der Waals surface area contributed by atoms with E-state index < -0.39 is 0 Å². The van der Waals surface area contributed by atoms with E-state index >= 15 is 0 Å². The van der Waals surface area contributed by atoms with E-state index in [9.17, 15) is 5.11 Å². The largest absolute Gasteiger partial charge is 0.492 e. The molecule has 94 valence electrons. The Bertz CT molecular complexity index is 367. The second-order valence-electron chi connectivity index (χ2n) is 4.57. The van der Waals surface area contributed by atoms with Gasteiger partial charge in [0.1, 0.15) is 5.75 Å². The normalized spacial score (nSPS) is 24.1. The van der Waals surface area contributed by atoms with Gasteiger partial charge < -0.3 is 14.7 Å². The van der Waals surface area contributed by atoms with Crippen LogP contribution in [0.25, 0.3) is 0 Å². The number of hydrogen-bond donors (Lipinski definition) is 1. The zero-order valence-electron chi connectivity index (χ0n) is 10.6. The number of para-hydroxylation sites is 2. The molecule has 1 saturated heterocycles. The molecule has 1 aliphatic heterocycles. The summed E-state index contributed by atoms with van der Waals surface area (Å²) in [5, 5.41) is 9.32. The van der Waals surface area contributed by atoms with Gasteiger partial charge >= 0.3 is 0 Å². The highest BCUT2D eigenvalue weighted by Gasteiger charge is 2.31. The summed E-state index contributed by atoms with van der Waals surface area (Å²) in [5.41, 5.74) is 1.15. The second-order valence-corrected chi connectivity index (χ2v) is 4.57. The Labute approximate surface area is 103 Å². The fraction of sp³-hybridized carbons (Fsp3) is 0.571. The Hall–Kier alpha value is -1.22. The Morgan fingerprint density at radius 2 is 2.18 bits per heavy atom. The Balaban J connectivity index is 2.22. The minimum absolute atomic E-state index is 0.272. The average Bonchev–Trinajstić information content (AvgIpc) is 2.72. The van der Waals surface area contributed by atoms with Crippen molar-refractivity contribution in [1.29, 1.82) is 0 Å². The molecule has 1 aliphatic rings. The molecule has 3 nitrogen and oxygen atoms in total. The summed E-state index contributed by atoms with van der Waals surface area (Å²) in [7, 11) is 0. The van der Waals surface area contributed by atoms with Crippen LogP contribution in [0.1, 0.15) is 20.3 Å². The average molecular weight is 235 g/mol. The lowest BCUT2D eigenvalue weighted by Crippen LogP contribution is -2.31. The fourth-order valence-corrected chi connectivity index (χ4v) is 2.56. The number of aliphatic hydroxyl groups is 1. The molecule has 0 aliphatic carbocycles. The lowest BCUT2D eigenvalue weighted by molar-refractivity contribution is 0.221. The van der Waals surface area contributed by atoms with Crippen molar-refractivity contribution in [1.82, 2.24) is 0 Å². The molecule has 1 fully saturated rings. The van der Waals surface area contributed by atoms with E-state index in [-0.39, 0.29) is 6.61 Å². The monoisotopic (exact) mass is 235 g/mol. The van der Waals surface area contributed by atoms with Gasteiger partial charge in [-0.05, 0) is 32.4 Å². The molecular weight excluding hydrogens is 214 g/mol. The first kappa shape index (κ1) is 12.2. The van der Waals surface area contributed by atoms with Gasteiger partial charge in [-0.15, -0.1) is 0 Å². The van der Waals surface area contributed by atoms with Gasteiger partial charge in [0, 0.05) is 25.1 Å². The van der Waals surface area contributed by atoms with Crippen LogP contribution in [0.15, 0.2) is 24.3 Å². The van der Waals surface area contributed by atoms with Crippen LogP contribution in [-0.2, 0) is 0 Å². The summed E-state index contributed by atoms with van der Waals surface area (Å²) in [6.07, 6.45) is 1.05. The summed E-state index contributed by atoms with van der Waals surface area (Å²) in [4.78, 5) is 2.34. The summed E-state index contributed by atoms with van der Waals surface area (Å²) in [5.74, 6) is 1.32. The van der Waals surface area contributed by atoms with Crippen LogP contribution in [0.4, 0.5) is 5.69 Å². The van der Waals surface area contributed by atoms with Gasteiger partial charge in [0.05, 0.1) is 12.3 Å². The molecule has 0 saturated carbocycles. The summed E-state index contributed by atoms with van der Waals surface area (Å²) in [6, 6.07) is 8.52. The summed E-state index contributed by atoms with van der Waals surface area (Å²) < 4.78 is 5.66. The number of aliphatic hydroxyl groups excluding tert-OH is 1. The van der Waals surface area contributed by atoms with Gasteiger partial charge in [-0.3, -0.25) is 0 Å². The first-order valence-electron chi connectivity index (χ1n) is 6.37. The van der Waals surface area contributed by atoms with Crippen molar-refractivity contribution in [3.63, 3.8) is 0 Å².